The van der Waals surface area contributed by atoms with E-state index in [2.05, 4.69) is 5.32 Å². The zero-order valence-electron chi connectivity index (χ0n) is 12.7. The summed E-state index contributed by atoms with van der Waals surface area (Å²) in [7, 11) is 0. The lowest BCUT2D eigenvalue weighted by atomic mass is 9.89. The van der Waals surface area contributed by atoms with E-state index in [0.717, 1.165) is 19.5 Å². The molecule has 1 saturated carbocycles. The summed E-state index contributed by atoms with van der Waals surface area (Å²) in [6.07, 6.45) is 7.20. The van der Waals surface area contributed by atoms with Gasteiger partial charge in [-0.25, -0.2) is 4.79 Å². The van der Waals surface area contributed by atoms with Gasteiger partial charge in [0.25, 0.3) is 0 Å². The first kappa shape index (κ1) is 16.1. The Hall–Kier alpha value is -1.30. The summed E-state index contributed by atoms with van der Waals surface area (Å²) < 4.78 is 0. The molecule has 0 unspecified atom stereocenters. The summed E-state index contributed by atoms with van der Waals surface area (Å²) in [6, 6.07) is 0.0118. The molecule has 0 spiro atoms. The minimum absolute atomic E-state index is 0.0118. The molecule has 21 heavy (non-hydrogen) atoms. The average Bonchev–Trinajstić information content (AvgIpc) is 2.71. The molecule has 6 heteroatoms. The van der Waals surface area contributed by atoms with Crippen molar-refractivity contribution >= 4 is 12.0 Å². The van der Waals surface area contributed by atoms with Crippen molar-refractivity contribution in [1.29, 1.82) is 0 Å². The second kappa shape index (κ2) is 8.22. The van der Waals surface area contributed by atoms with Crippen LogP contribution in [-0.2, 0) is 4.79 Å². The topological polar surface area (TPSA) is 72.9 Å². The minimum atomic E-state index is -0.801. The lowest BCUT2D eigenvalue weighted by Crippen LogP contribution is -2.44. The number of carboxylic acids is 1. The molecule has 0 aromatic rings. The maximum absolute atomic E-state index is 12.2. The van der Waals surface area contributed by atoms with Crippen LogP contribution >= 0.6 is 0 Å². The number of carbonyl (C=O) groups excluding carboxylic acids is 1. The first-order valence-corrected chi connectivity index (χ1v) is 8.12. The van der Waals surface area contributed by atoms with Gasteiger partial charge in [0, 0.05) is 32.7 Å². The van der Waals surface area contributed by atoms with Gasteiger partial charge in [0.1, 0.15) is 0 Å². The third kappa shape index (κ3) is 5.53. The fraction of sp³-hybridized carbons (Fsp3) is 0.867. The van der Waals surface area contributed by atoms with Crippen molar-refractivity contribution in [3.8, 4) is 0 Å². The Bertz CT molecular complexity index is 356. The summed E-state index contributed by atoms with van der Waals surface area (Å²) in [5.41, 5.74) is 0. The van der Waals surface area contributed by atoms with Crippen LogP contribution in [0.3, 0.4) is 0 Å². The fourth-order valence-electron chi connectivity index (χ4n) is 3.26. The maximum Gasteiger partial charge on any atom is 0.317 e. The molecular formula is C15H27N3O3. The van der Waals surface area contributed by atoms with Gasteiger partial charge in [-0.1, -0.05) is 19.3 Å². The summed E-state index contributed by atoms with van der Waals surface area (Å²) >= 11 is 0. The lowest BCUT2D eigenvalue weighted by molar-refractivity contribution is -0.138. The van der Waals surface area contributed by atoms with Gasteiger partial charge >= 0.3 is 12.0 Å². The van der Waals surface area contributed by atoms with Crippen molar-refractivity contribution in [3.63, 3.8) is 0 Å². The number of nitrogens with zero attached hydrogens (tertiary/aromatic N) is 2. The standard InChI is InChI=1S/C15H27N3O3/c19-14(20)12-17-7-4-8-18(10-9-17)15(21)16-11-13-5-2-1-3-6-13/h13H,1-12H2,(H,16,21)(H,19,20). The molecule has 0 aromatic heterocycles. The molecule has 2 rings (SSSR count). The highest BCUT2D eigenvalue weighted by molar-refractivity contribution is 5.74. The minimum Gasteiger partial charge on any atom is -0.480 e. The van der Waals surface area contributed by atoms with Gasteiger partial charge in [-0.3, -0.25) is 9.69 Å². The Labute approximate surface area is 126 Å². The number of carboxylic acid groups (broad SMARTS) is 1. The lowest BCUT2D eigenvalue weighted by Gasteiger charge is -2.25. The number of aliphatic carboxylic acids is 1. The van der Waals surface area contributed by atoms with Crippen LogP contribution in [0.5, 0.6) is 0 Å². The predicted molar refractivity (Wildman–Crippen MR) is 80.2 cm³/mol. The second-order valence-corrected chi connectivity index (χ2v) is 6.20. The molecule has 0 aromatic carbocycles. The van der Waals surface area contributed by atoms with Gasteiger partial charge in [0.2, 0.25) is 0 Å². The van der Waals surface area contributed by atoms with Crippen molar-refractivity contribution in [2.24, 2.45) is 5.92 Å². The van der Waals surface area contributed by atoms with Crippen LogP contribution < -0.4 is 5.32 Å². The van der Waals surface area contributed by atoms with Crippen molar-refractivity contribution in [3.05, 3.63) is 0 Å². The predicted octanol–water partition coefficient (Wildman–Crippen LogP) is 1.37. The number of urea groups is 1. The van der Waals surface area contributed by atoms with Crippen molar-refractivity contribution in [2.75, 3.05) is 39.3 Å². The van der Waals surface area contributed by atoms with E-state index in [1.165, 1.54) is 32.1 Å². The quantitative estimate of drug-likeness (QED) is 0.822. The van der Waals surface area contributed by atoms with Gasteiger partial charge in [0.15, 0.2) is 0 Å². The highest BCUT2D eigenvalue weighted by Crippen LogP contribution is 2.22. The van der Waals surface area contributed by atoms with Gasteiger partial charge < -0.3 is 15.3 Å². The van der Waals surface area contributed by atoms with E-state index < -0.39 is 5.97 Å². The average molecular weight is 297 g/mol. The summed E-state index contributed by atoms with van der Waals surface area (Å²) in [6.45, 7) is 3.57. The molecule has 0 bridgehead atoms. The Balaban J connectivity index is 1.70. The Morgan fingerprint density at radius 1 is 1.00 bits per heavy atom. The maximum atomic E-state index is 12.2. The van der Waals surface area contributed by atoms with E-state index in [-0.39, 0.29) is 12.6 Å². The molecule has 6 nitrogen and oxygen atoms in total. The third-order valence-corrected chi connectivity index (χ3v) is 4.50. The summed E-state index contributed by atoms with van der Waals surface area (Å²) in [4.78, 5) is 26.7. The molecule has 2 fully saturated rings. The largest absolute Gasteiger partial charge is 0.480 e. The highest BCUT2D eigenvalue weighted by Gasteiger charge is 2.21. The van der Waals surface area contributed by atoms with Crippen LogP contribution in [-0.4, -0.2) is 66.2 Å². The molecule has 1 saturated heterocycles. The Kier molecular flexibility index (Phi) is 6.29. The smallest absolute Gasteiger partial charge is 0.317 e. The van der Waals surface area contributed by atoms with E-state index >= 15 is 0 Å². The van der Waals surface area contributed by atoms with E-state index in [1.807, 2.05) is 9.80 Å². The van der Waals surface area contributed by atoms with E-state index in [9.17, 15) is 9.59 Å². The van der Waals surface area contributed by atoms with Crippen LogP contribution in [0.4, 0.5) is 4.79 Å². The van der Waals surface area contributed by atoms with Crippen LogP contribution in [0.15, 0.2) is 0 Å². The third-order valence-electron chi connectivity index (χ3n) is 4.50. The normalized spacial score (nSPS) is 21.8. The van der Waals surface area contributed by atoms with E-state index in [0.29, 0.717) is 25.6 Å². The molecule has 0 radical (unpaired) electrons. The molecule has 0 atom stereocenters. The Morgan fingerprint density at radius 3 is 2.48 bits per heavy atom. The van der Waals surface area contributed by atoms with Crippen LogP contribution in [0, 0.1) is 5.92 Å². The summed E-state index contributed by atoms with van der Waals surface area (Å²) in [5.74, 6) is -0.164. The number of nitrogens with one attached hydrogen (secondary N) is 1. The van der Waals surface area contributed by atoms with Crippen molar-refractivity contribution in [1.82, 2.24) is 15.1 Å². The number of hydrogen-bond acceptors (Lipinski definition) is 3. The summed E-state index contributed by atoms with van der Waals surface area (Å²) in [5, 5.41) is 11.9. The monoisotopic (exact) mass is 297 g/mol. The first-order valence-electron chi connectivity index (χ1n) is 8.12. The molecule has 1 aliphatic carbocycles. The molecular weight excluding hydrogens is 270 g/mol. The van der Waals surface area contributed by atoms with Crippen LogP contribution in [0.25, 0.3) is 0 Å². The number of carbonyl (C=O) groups is 2. The van der Waals surface area contributed by atoms with Gasteiger partial charge in [-0.15, -0.1) is 0 Å². The first-order chi connectivity index (χ1) is 10.1. The molecule has 2 N–H and O–H groups in total. The molecule has 1 aliphatic heterocycles. The van der Waals surface area contributed by atoms with Gasteiger partial charge in [-0.05, 0) is 25.2 Å². The molecule has 120 valence electrons. The van der Waals surface area contributed by atoms with Gasteiger partial charge in [0.05, 0.1) is 6.54 Å². The molecule has 1 heterocycles. The molecule has 2 aliphatic rings. The van der Waals surface area contributed by atoms with Crippen molar-refractivity contribution < 1.29 is 14.7 Å². The van der Waals surface area contributed by atoms with E-state index in [1.54, 1.807) is 0 Å². The number of amides is 2. The number of rotatable bonds is 4. The molecule has 2 amide bonds. The van der Waals surface area contributed by atoms with Gasteiger partial charge in [-0.2, -0.15) is 0 Å². The van der Waals surface area contributed by atoms with Crippen LogP contribution in [0.2, 0.25) is 0 Å². The fourth-order valence-corrected chi connectivity index (χ4v) is 3.26. The second-order valence-electron chi connectivity index (χ2n) is 6.20. The number of hydrogen-bond donors (Lipinski definition) is 2. The zero-order chi connectivity index (χ0) is 15.1. The zero-order valence-corrected chi connectivity index (χ0v) is 12.7. The van der Waals surface area contributed by atoms with E-state index in [4.69, 9.17) is 5.11 Å². The van der Waals surface area contributed by atoms with Crippen LogP contribution in [0.1, 0.15) is 38.5 Å². The highest BCUT2D eigenvalue weighted by atomic mass is 16.4. The van der Waals surface area contributed by atoms with Crippen molar-refractivity contribution in [2.45, 2.75) is 38.5 Å². The SMILES string of the molecule is O=C(O)CN1CCCN(C(=O)NCC2CCCCC2)CC1. The Morgan fingerprint density at radius 2 is 1.76 bits per heavy atom.